The fraction of sp³-hybridized carbons (Fsp3) is 0.923. The van der Waals surface area contributed by atoms with Crippen LogP contribution < -0.4 is 0 Å². The van der Waals surface area contributed by atoms with Gasteiger partial charge >= 0.3 is 0 Å². The van der Waals surface area contributed by atoms with E-state index in [-0.39, 0.29) is 5.78 Å². The number of ether oxygens (including phenoxy) is 1. The Balaban J connectivity index is 4.48. The third kappa shape index (κ3) is 4.96. The van der Waals surface area contributed by atoms with Crippen molar-refractivity contribution in [2.24, 2.45) is 5.92 Å². The highest BCUT2D eigenvalue weighted by molar-refractivity contribution is 9.10. The third-order valence-electron chi connectivity index (χ3n) is 2.81. The number of hydrogen-bond donors (Lipinski definition) is 0. The Bertz CT molecular complexity index is 231. The van der Waals surface area contributed by atoms with E-state index in [9.17, 15) is 4.79 Å². The van der Waals surface area contributed by atoms with E-state index in [0.29, 0.717) is 18.9 Å². The molecular formula is C13H25BrO2. The molecule has 96 valence electrons. The largest absolute Gasteiger partial charge is 0.367 e. The van der Waals surface area contributed by atoms with Crippen molar-refractivity contribution in [1.82, 2.24) is 0 Å². The average Bonchev–Trinajstić information content (AvgIpc) is 2.14. The van der Waals surface area contributed by atoms with Gasteiger partial charge in [-0.15, -0.1) is 0 Å². The van der Waals surface area contributed by atoms with Crippen molar-refractivity contribution in [2.75, 3.05) is 6.61 Å². The van der Waals surface area contributed by atoms with E-state index in [0.717, 1.165) is 6.42 Å². The molecule has 0 saturated heterocycles. The number of ketones is 1. The molecule has 0 aliphatic carbocycles. The van der Waals surface area contributed by atoms with Gasteiger partial charge in [-0.1, -0.05) is 36.7 Å². The lowest BCUT2D eigenvalue weighted by Crippen LogP contribution is -2.46. The molecule has 0 bridgehead atoms. The van der Waals surface area contributed by atoms with Crippen LogP contribution in [0, 0.1) is 5.92 Å². The predicted molar refractivity (Wildman–Crippen MR) is 72.1 cm³/mol. The first kappa shape index (κ1) is 16.1. The quantitative estimate of drug-likeness (QED) is 0.664. The Hall–Kier alpha value is 0.110. The first-order valence-corrected chi connectivity index (χ1v) is 6.80. The molecule has 0 amide bonds. The maximum atomic E-state index is 12.2. The smallest absolute Gasteiger partial charge is 0.180 e. The van der Waals surface area contributed by atoms with Crippen molar-refractivity contribution in [2.45, 2.75) is 64.3 Å². The van der Waals surface area contributed by atoms with Gasteiger partial charge in [-0.25, -0.2) is 0 Å². The van der Waals surface area contributed by atoms with Crippen molar-refractivity contribution < 1.29 is 9.53 Å². The van der Waals surface area contributed by atoms with Crippen molar-refractivity contribution in [1.29, 1.82) is 0 Å². The second-order valence-electron chi connectivity index (χ2n) is 5.42. The Morgan fingerprint density at radius 3 is 2.12 bits per heavy atom. The zero-order chi connectivity index (χ0) is 13.0. The van der Waals surface area contributed by atoms with Gasteiger partial charge in [0.25, 0.3) is 0 Å². The molecule has 1 unspecified atom stereocenters. The molecule has 0 aliphatic rings. The maximum Gasteiger partial charge on any atom is 0.180 e. The molecule has 0 fully saturated rings. The number of hydrogen-bond acceptors (Lipinski definition) is 2. The summed E-state index contributed by atoms with van der Waals surface area (Å²) in [5.74, 6) is 0.722. The molecule has 16 heavy (non-hydrogen) atoms. The van der Waals surface area contributed by atoms with Crippen molar-refractivity contribution >= 4 is 21.7 Å². The number of Topliss-reactive ketones (excluding diaryl/α,β-unsaturated/α-hetero) is 1. The highest BCUT2D eigenvalue weighted by atomic mass is 79.9. The molecule has 0 aliphatic heterocycles. The molecule has 3 heteroatoms. The van der Waals surface area contributed by atoms with Gasteiger partial charge in [-0.05, 0) is 39.5 Å². The summed E-state index contributed by atoms with van der Waals surface area (Å²) in [6.07, 6.45) is 1.70. The number of alkyl halides is 1. The van der Waals surface area contributed by atoms with Crippen LogP contribution in [0.25, 0.3) is 0 Å². The summed E-state index contributed by atoms with van der Waals surface area (Å²) in [5, 5.41) is 0. The van der Waals surface area contributed by atoms with Crippen LogP contribution in [0.4, 0.5) is 0 Å². The van der Waals surface area contributed by atoms with Crippen molar-refractivity contribution in [3.63, 3.8) is 0 Å². The van der Waals surface area contributed by atoms with Crippen LogP contribution in [-0.2, 0) is 9.53 Å². The summed E-state index contributed by atoms with van der Waals surface area (Å²) in [5.41, 5.74) is -0.665. The van der Waals surface area contributed by atoms with Gasteiger partial charge < -0.3 is 4.74 Å². The zero-order valence-electron chi connectivity index (χ0n) is 11.4. The maximum absolute atomic E-state index is 12.2. The van der Waals surface area contributed by atoms with E-state index >= 15 is 0 Å². The lowest BCUT2D eigenvalue weighted by Gasteiger charge is -2.32. The monoisotopic (exact) mass is 292 g/mol. The van der Waals surface area contributed by atoms with Crippen molar-refractivity contribution in [3.05, 3.63) is 0 Å². The summed E-state index contributed by atoms with van der Waals surface area (Å²) in [7, 11) is 0. The molecule has 0 N–H and O–H groups in total. The number of carbonyl (C=O) groups excluding carboxylic acids is 1. The van der Waals surface area contributed by atoms with E-state index in [1.807, 2.05) is 27.7 Å². The summed E-state index contributed by atoms with van der Waals surface area (Å²) in [6, 6.07) is 0. The molecule has 2 nitrogen and oxygen atoms in total. The molecular weight excluding hydrogens is 268 g/mol. The molecule has 0 aromatic rings. The van der Waals surface area contributed by atoms with E-state index in [4.69, 9.17) is 4.74 Å². The average molecular weight is 293 g/mol. The Labute approximate surface area is 108 Å². The van der Waals surface area contributed by atoms with E-state index in [1.165, 1.54) is 0 Å². The van der Waals surface area contributed by atoms with Gasteiger partial charge in [0, 0.05) is 6.61 Å². The van der Waals surface area contributed by atoms with Gasteiger partial charge in [0.15, 0.2) is 5.78 Å². The third-order valence-corrected chi connectivity index (χ3v) is 3.17. The van der Waals surface area contributed by atoms with Gasteiger partial charge in [0.1, 0.15) is 5.60 Å². The van der Waals surface area contributed by atoms with E-state index in [2.05, 4.69) is 29.8 Å². The molecule has 1 atom stereocenters. The molecule has 0 aromatic carbocycles. The minimum atomic E-state index is -0.665. The summed E-state index contributed by atoms with van der Waals surface area (Å²) >= 11 is 3.41. The standard InChI is InChI=1S/C13H25BrO2/c1-7-13(6,11(15)12(4,5)14)16-9-8-10(2)3/h10H,7-9H2,1-6H3. The van der Waals surface area contributed by atoms with Crippen LogP contribution in [0.15, 0.2) is 0 Å². The predicted octanol–water partition coefficient (Wildman–Crippen LogP) is 3.96. The highest BCUT2D eigenvalue weighted by Crippen LogP contribution is 2.29. The molecule has 0 radical (unpaired) electrons. The highest BCUT2D eigenvalue weighted by Gasteiger charge is 2.40. The lowest BCUT2D eigenvalue weighted by molar-refractivity contribution is -0.145. The summed E-state index contributed by atoms with van der Waals surface area (Å²) in [4.78, 5) is 12.2. The van der Waals surface area contributed by atoms with Gasteiger partial charge in [-0.2, -0.15) is 0 Å². The van der Waals surface area contributed by atoms with Crippen LogP contribution >= 0.6 is 15.9 Å². The normalized spacial score (nSPS) is 16.2. The molecule has 0 rings (SSSR count). The lowest BCUT2D eigenvalue weighted by atomic mass is 9.89. The Kier molecular flexibility index (Phi) is 6.20. The van der Waals surface area contributed by atoms with Crippen LogP contribution in [-0.4, -0.2) is 22.3 Å². The Morgan fingerprint density at radius 1 is 1.31 bits per heavy atom. The van der Waals surface area contributed by atoms with Crippen LogP contribution in [0.1, 0.15) is 54.4 Å². The number of halogens is 1. The molecule has 0 spiro atoms. The molecule has 0 aromatic heterocycles. The Morgan fingerprint density at radius 2 is 1.81 bits per heavy atom. The second-order valence-corrected chi connectivity index (χ2v) is 7.40. The van der Waals surface area contributed by atoms with E-state index < -0.39 is 9.93 Å². The van der Waals surface area contributed by atoms with Crippen LogP contribution in [0.5, 0.6) is 0 Å². The summed E-state index contributed by atoms with van der Waals surface area (Å²) in [6.45, 7) is 12.6. The van der Waals surface area contributed by atoms with Gasteiger partial charge in [0.2, 0.25) is 0 Å². The molecule has 0 saturated carbocycles. The minimum Gasteiger partial charge on any atom is -0.367 e. The minimum absolute atomic E-state index is 0.117. The van der Waals surface area contributed by atoms with Crippen LogP contribution in [0.2, 0.25) is 0 Å². The number of carbonyl (C=O) groups is 1. The topological polar surface area (TPSA) is 26.3 Å². The summed E-state index contributed by atoms with van der Waals surface area (Å²) < 4.78 is 5.28. The van der Waals surface area contributed by atoms with Crippen LogP contribution in [0.3, 0.4) is 0 Å². The van der Waals surface area contributed by atoms with Gasteiger partial charge in [-0.3, -0.25) is 4.79 Å². The van der Waals surface area contributed by atoms with Crippen molar-refractivity contribution in [3.8, 4) is 0 Å². The fourth-order valence-electron chi connectivity index (χ4n) is 1.48. The molecule has 0 heterocycles. The van der Waals surface area contributed by atoms with E-state index in [1.54, 1.807) is 0 Å². The first-order valence-electron chi connectivity index (χ1n) is 6.01. The first-order chi connectivity index (χ1) is 7.13. The van der Waals surface area contributed by atoms with Gasteiger partial charge in [0.05, 0.1) is 4.32 Å². The SMILES string of the molecule is CCC(C)(OCCC(C)C)C(=O)C(C)(C)Br. The zero-order valence-corrected chi connectivity index (χ0v) is 13.0. The second kappa shape index (κ2) is 6.15. The number of rotatable bonds is 7. The fourth-order valence-corrected chi connectivity index (χ4v) is 1.90.